The van der Waals surface area contributed by atoms with Crippen LogP contribution in [0.1, 0.15) is 10.4 Å². The molecule has 34 heavy (non-hydrogen) atoms. The van der Waals surface area contributed by atoms with Crippen LogP contribution in [0.3, 0.4) is 0 Å². The molecule has 0 aliphatic rings. The highest BCUT2D eigenvalue weighted by atomic mass is 16.5. The van der Waals surface area contributed by atoms with Crippen molar-refractivity contribution in [2.24, 2.45) is 0 Å². The molecule has 0 bridgehead atoms. The van der Waals surface area contributed by atoms with E-state index in [0.717, 1.165) is 0 Å². The van der Waals surface area contributed by atoms with Gasteiger partial charge in [-0.2, -0.15) is 5.10 Å². The number of ether oxygens (including phenoxy) is 2. The van der Waals surface area contributed by atoms with Crippen LogP contribution in [0.25, 0.3) is 5.82 Å². The Labute approximate surface area is 195 Å². The molecular formula is C26H19N5O3. The first-order valence-electron chi connectivity index (χ1n) is 10.5. The van der Waals surface area contributed by atoms with Crippen LogP contribution in [0.5, 0.6) is 23.1 Å². The molecule has 0 saturated carbocycles. The Morgan fingerprint density at radius 1 is 0.794 bits per heavy atom. The molecule has 5 aromatic rings. The number of aromatic nitrogens is 4. The number of carbonyl (C=O) groups excluding carboxylic acids is 1. The van der Waals surface area contributed by atoms with Crippen molar-refractivity contribution in [2.45, 2.75) is 0 Å². The molecule has 0 aliphatic heterocycles. The third-order valence-corrected chi connectivity index (χ3v) is 4.80. The standard InChI is InChI=1S/C26H19N5O3/c32-26(22-9-4-5-10-23(22)33-20-7-2-1-3-8-20)30-19-11-13-21(14-12-19)34-25-17-24(27-18-28-25)31-16-6-15-29-31/h1-18H,(H,30,32). The Morgan fingerprint density at radius 3 is 2.35 bits per heavy atom. The quantitative estimate of drug-likeness (QED) is 0.353. The number of hydrogen-bond donors (Lipinski definition) is 1. The van der Waals surface area contributed by atoms with Gasteiger partial charge < -0.3 is 14.8 Å². The fourth-order valence-corrected chi connectivity index (χ4v) is 3.20. The van der Waals surface area contributed by atoms with Crippen LogP contribution < -0.4 is 14.8 Å². The van der Waals surface area contributed by atoms with Crippen molar-refractivity contribution in [3.63, 3.8) is 0 Å². The van der Waals surface area contributed by atoms with Gasteiger partial charge in [0.05, 0.1) is 5.56 Å². The normalized spacial score (nSPS) is 10.5. The lowest BCUT2D eigenvalue weighted by Crippen LogP contribution is -2.12. The smallest absolute Gasteiger partial charge is 0.259 e. The molecule has 166 valence electrons. The van der Waals surface area contributed by atoms with E-state index < -0.39 is 0 Å². The average Bonchev–Trinajstić information content (AvgIpc) is 3.42. The van der Waals surface area contributed by atoms with E-state index in [1.165, 1.54) is 6.33 Å². The van der Waals surface area contributed by atoms with Gasteiger partial charge in [0.15, 0.2) is 5.82 Å². The number of hydrogen-bond acceptors (Lipinski definition) is 6. The fraction of sp³-hybridized carbons (Fsp3) is 0. The van der Waals surface area contributed by atoms with Crippen molar-refractivity contribution in [3.8, 4) is 28.9 Å². The SMILES string of the molecule is O=C(Nc1ccc(Oc2cc(-n3cccn3)ncn2)cc1)c1ccccc1Oc1ccccc1. The Hall–Kier alpha value is -4.98. The number of rotatable bonds is 7. The van der Waals surface area contributed by atoms with Crippen molar-refractivity contribution in [1.82, 2.24) is 19.7 Å². The second kappa shape index (κ2) is 9.66. The molecule has 0 unspecified atom stereocenters. The number of benzene rings is 3. The zero-order chi connectivity index (χ0) is 23.2. The summed E-state index contributed by atoms with van der Waals surface area (Å²) in [6.45, 7) is 0. The van der Waals surface area contributed by atoms with Crippen LogP contribution in [-0.2, 0) is 0 Å². The summed E-state index contributed by atoms with van der Waals surface area (Å²) in [5.41, 5.74) is 1.05. The van der Waals surface area contributed by atoms with Crippen LogP contribution in [0.15, 0.2) is 110 Å². The average molecular weight is 449 g/mol. The number of carbonyl (C=O) groups is 1. The molecule has 0 radical (unpaired) electrons. The lowest BCUT2D eigenvalue weighted by Gasteiger charge is -2.12. The molecule has 2 aromatic heterocycles. The van der Waals surface area contributed by atoms with Gasteiger partial charge in [-0.3, -0.25) is 4.79 Å². The van der Waals surface area contributed by atoms with E-state index in [2.05, 4.69) is 20.4 Å². The fourth-order valence-electron chi connectivity index (χ4n) is 3.20. The number of para-hydroxylation sites is 2. The van der Waals surface area contributed by atoms with Crippen molar-refractivity contribution in [3.05, 3.63) is 115 Å². The summed E-state index contributed by atoms with van der Waals surface area (Å²) in [4.78, 5) is 21.2. The molecule has 0 aliphatic carbocycles. The maximum atomic E-state index is 12.9. The lowest BCUT2D eigenvalue weighted by molar-refractivity contribution is 0.102. The summed E-state index contributed by atoms with van der Waals surface area (Å²) >= 11 is 0. The van der Waals surface area contributed by atoms with Gasteiger partial charge in [0.1, 0.15) is 23.6 Å². The molecule has 0 saturated heterocycles. The third kappa shape index (κ3) is 4.91. The van der Waals surface area contributed by atoms with E-state index >= 15 is 0 Å². The highest BCUT2D eigenvalue weighted by Crippen LogP contribution is 2.27. The maximum Gasteiger partial charge on any atom is 0.259 e. The maximum absolute atomic E-state index is 12.9. The summed E-state index contributed by atoms with van der Waals surface area (Å²) < 4.78 is 13.3. The predicted molar refractivity (Wildman–Crippen MR) is 127 cm³/mol. The van der Waals surface area contributed by atoms with E-state index in [9.17, 15) is 4.79 Å². The van der Waals surface area contributed by atoms with Gasteiger partial charge in [-0.1, -0.05) is 30.3 Å². The minimum Gasteiger partial charge on any atom is -0.457 e. The third-order valence-electron chi connectivity index (χ3n) is 4.80. The predicted octanol–water partition coefficient (Wildman–Crippen LogP) is 5.50. The minimum atomic E-state index is -0.278. The minimum absolute atomic E-state index is 0.278. The van der Waals surface area contributed by atoms with Crippen molar-refractivity contribution in [2.75, 3.05) is 5.32 Å². The molecule has 8 heteroatoms. The van der Waals surface area contributed by atoms with E-state index in [-0.39, 0.29) is 5.91 Å². The summed E-state index contributed by atoms with van der Waals surface area (Å²) in [6, 6.07) is 26.9. The number of amides is 1. The van der Waals surface area contributed by atoms with Gasteiger partial charge in [-0.15, -0.1) is 0 Å². The van der Waals surface area contributed by atoms with Gasteiger partial charge in [0.25, 0.3) is 5.91 Å². The molecule has 1 N–H and O–H groups in total. The van der Waals surface area contributed by atoms with Gasteiger partial charge >= 0.3 is 0 Å². The first-order valence-corrected chi connectivity index (χ1v) is 10.5. The largest absolute Gasteiger partial charge is 0.457 e. The highest BCUT2D eigenvalue weighted by Gasteiger charge is 2.13. The summed E-state index contributed by atoms with van der Waals surface area (Å²) in [5, 5.41) is 7.04. The zero-order valence-electron chi connectivity index (χ0n) is 17.9. The summed E-state index contributed by atoms with van der Waals surface area (Å²) in [7, 11) is 0. The van der Waals surface area contributed by atoms with Crippen LogP contribution >= 0.6 is 0 Å². The van der Waals surface area contributed by atoms with Crippen molar-refractivity contribution < 1.29 is 14.3 Å². The second-order valence-corrected chi connectivity index (χ2v) is 7.16. The zero-order valence-corrected chi connectivity index (χ0v) is 17.9. The molecule has 0 spiro atoms. The van der Waals surface area contributed by atoms with Gasteiger partial charge in [-0.25, -0.2) is 14.6 Å². The Morgan fingerprint density at radius 2 is 1.56 bits per heavy atom. The Balaban J connectivity index is 1.26. The van der Waals surface area contributed by atoms with Gasteiger partial charge in [-0.05, 0) is 54.6 Å². The molecule has 8 nitrogen and oxygen atoms in total. The van der Waals surface area contributed by atoms with Gasteiger partial charge in [0.2, 0.25) is 5.88 Å². The Kier molecular flexibility index (Phi) is 5.94. The number of nitrogens with zero attached hydrogens (tertiary/aromatic N) is 4. The first kappa shape index (κ1) is 20.9. The second-order valence-electron chi connectivity index (χ2n) is 7.16. The molecule has 1 amide bonds. The molecule has 3 aromatic carbocycles. The van der Waals surface area contributed by atoms with Crippen LogP contribution in [0, 0.1) is 0 Å². The number of nitrogens with one attached hydrogen (secondary N) is 1. The van der Waals surface area contributed by atoms with E-state index in [4.69, 9.17) is 9.47 Å². The summed E-state index contributed by atoms with van der Waals surface area (Å²) in [5.74, 6) is 2.39. The molecule has 5 rings (SSSR count). The highest BCUT2D eigenvalue weighted by molar-refractivity contribution is 6.06. The van der Waals surface area contributed by atoms with Crippen LogP contribution in [-0.4, -0.2) is 25.7 Å². The van der Waals surface area contributed by atoms with Crippen molar-refractivity contribution in [1.29, 1.82) is 0 Å². The molecular weight excluding hydrogens is 430 g/mol. The monoisotopic (exact) mass is 449 g/mol. The molecule has 0 atom stereocenters. The Bertz CT molecular complexity index is 1390. The summed E-state index contributed by atoms with van der Waals surface area (Å²) in [6.07, 6.45) is 4.87. The van der Waals surface area contributed by atoms with Crippen LogP contribution in [0.2, 0.25) is 0 Å². The van der Waals surface area contributed by atoms with E-state index in [1.54, 1.807) is 65.6 Å². The lowest BCUT2D eigenvalue weighted by atomic mass is 10.1. The van der Waals surface area contributed by atoms with E-state index in [0.29, 0.717) is 40.2 Å². The molecule has 0 fully saturated rings. The first-order chi connectivity index (χ1) is 16.7. The molecule has 2 heterocycles. The van der Waals surface area contributed by atoms with Gasteiger partial charge in [0, 0.05) is 24.1 Å². The topological polar surface area (TPSA) is 91.2 Å². The van der Waals surface area contributed by atoms with E-state index in [1.807, 2.05) is 42.5 Å². The van der Waals surface area contributed by atoms with Crippen LogP contribution in [0.4, 0.5) is 5.69 Å². The number of anilines is 1. The van der Waals surface area contributed by atoms with Crippen molar-refractivity contribution >= 4 is 11.6 Å².